The summed E-state index contributed by atoms with van der Waals surface area (Å²) in [6, 6.07) is 11.6. The maximum absolute atomic E-state index is 13.4. The van der Waals surface area contributed by atoms with Crippen molar-refractivity contribution in [1.82, 2.24) is 34.1 Å². The molecule has 1 saturated heterocycles. The number of aromatic nitrogens is 5. The van der Waals surface area contributed by atoms with Crippen LogP contribution in [0.5, 0.6) is 0 Å². The summed E-state index contributed by atoms with van der Waals surface area (Å²) in [6.07, 6.45) is 1.33. The van der Waals surface area contributed by atoms with Gasteiger partial charge in [-0.25, -0.2) is 9.78 Å². The maximum atomic E-state index is 13.4. The number of aliphatic hydroxyl groups is 1. The van der Waals surface area contributed by atoms with Gasteiger partial charge in [-0.1, -0.05) is 18.2 Å². The number of imidazole rings is 1. The molecule has 1 saturated carbocycles. The molecule has 3 N–H and O–H groups in total. The number of piperidine rings is 1. The van der Waals surface area contributed by atoms with Gasteiger partial charge in [0, 0.05) is 49.4 Å². The van der Waals surface area contributed by atoms with Crippen LogP contribution in [0.3, 0.4) is 0 Å². The van der Waals surface area contributed by atoms with Gasteiger partial charge in [0.25, 0.3) is 5.91 Å². The zero-order valence-corrected chi connectivity index (χ0v) is 31.0. The van der Waals surface area contributed by atoms with Gasteiger partial charge < -0.3 is 15.3 Å². The fourth-order valence-corrected chi connectivity index (χ4v) is 8.06. The van der Waals surface area contributed by atoms with Gasteiger partial charge in [0.15, 0.2) is 0 Å². The minimum Gasteiger partial charge on any atom is -0.386 e. The minimum atomic E-state index is -4.70. The van der Waals surface area contributed by atoms with E-state index >= 15 is 0 Å². The van der Waals surface area contributed by atoms with Crippen molar-refractivity contribution in [3.63, 3.8) is 0 Å². The number of nitrogens with zero attached hydrogens (tertiary/aromatic N) is 6. The van der Waals surface area contributed by atoms with Crippen LogP contribution in [0.4, 0.5) is 18.9 Å². The second-order valence-corrected chi connectivity index (χ2v) is 15.3. The molecule has 1 aliphatic carbocycles. The molecule has 2 fully saturated rings. The summed E-state index contributed by atoms with van der Waals surface area (Å²) in [4.78, 5) is 56.6. The number of hydrogen-bond acceptors (Lipinski definition) is 8. The number of rotatable bonds is 9. The predicted molar refractivity (Wildman–Crippen MR) is 198 cm³/mol. The quantitative estimate of drug-likeness (QED) is 0.168. The normalized spacial score (nSPS) is 19.7. The van der Waals surface area contributed by atoms with Gasteiger partial charge in [-0.2, -0.15) is 18.3 Å². The molecule has 4 heterocycles. The molecule has 290 valence electrons. The van der Waals surface area contributed by atoms with E-state index in [1.54, 1.807) is 37.6 Å². The Labute approximate surface area is 314 Å². The third-order valence-electron chi connectivity index (χ3n) is 10.7. The molecule has 3 amide bonds. The van der Waals surface area contributed by atoms with Gasteiger partial charge in [0.2, 0.25) is 11.8 Å². The van der Waals surface area contributed by atoms with Crippen LogP contribution in [0.2, 0.25) is 0 Å². The van der Waals surface area contributed by atoms with Gasteiger partial charge in [-0.05, 0) is 94.8 Å². The lowest BCUT2D eigenvalue weighted by Crippen LogP contribution is -2.44. The number of para-hydroxylation sites is 1. The fraction of sp³-hybridized carbons (Fsp3) is 0.436. The van der Waals surface area contributed by atoms with Crippen molar-refractivity contribution in [1.29, 1.82) is 0 Å². The number of hydrogen-bond donors (Lipinski definition) is 3. The smallest absolute Gasteiger partial charge is 0.386 e. The number of alkyl halides is 3. The molecular weight excluding hydrogens is 717 g/mol. The van der Waals surface area contributed by atoms with Gasteiger partial charge in [0.05, 0.1) is 28.2 Å². The van der Waals surface area contributed by atoms with Gasteiger partial charge in [-0.15, -0.1) is 0 Å². The third-order valence-corrected chi connectivity index (χ3v) is 10.7. The molecule has 0 bridgehead atoms. The van der Waals surface area contributed by atoms with Crippen molar-refractivity contribution in [3.05, 3.63) is 87.7 Å². The number of halogens is 3. The SMILES string of the molecule is CN(Cc1cccc2c1n(C)c(=O)n2C1CCC(=O)NC1=O)C[C@H]1CC[C@H](n2cc3cc(NC(=O)c4cccc(C(F)(F)F)n4)c(C(C)(C)O)cc3n2)CC1. The molecule has 1 aliphatic heterocycles. The first kappa shape index (κ1) is 37.9. The second kappa shape index (κ2) is 14.4. The number of pyridine rings is 1. The molecule has 1 unspecified atom stereocenters. The highest BCUT2D eigenvalue weighted by Gasteiger charge is 2.34. The summed E-state index contributed by atoms with van der Waals surface area (Å²) in [5, 5.41) is 21.5. The molecule has 0 spiro atoms. The average Bonchev–Trinajstić information content (AvgIpc) is 3.65. The number of imide groups is 1. The van der Waals surface area contributed by atoms with Crippen molar-refractivity contribution in [2.75, 3.05) is 18.9 Å². The van der Waals surface area contributed by atoms with Crippen LogP contribution in [-0.2, 0) is 35.0 Å². The third kappa shape index (κ3) is 7.65. The van der Waals surface area contributed by atoms with E-state index in [1.165, 1.54) is 10.6 Å². The van der Waals surface area contributed by atoms with E-state index in [4.69, 9.17) is 5.10 Å². The zero-order valence-electron chi connectivity index (χ0n) is 31.0. The molecule has 7 rings (SSSR count). The summed E-state index contributed by atoms with van der Waals surface area (Å²) >= 11 is 0. The Morgan fingerprint density at radius 3 is 2.45 bits per heavy atom. The predicted octanol–water partition coefficient (Wildman–Crippen LogP) is 5.42. The Hall–Kier alpha value is -5.35. The largest absolute Gasteiger partial charge is 0.433 e. The van der Waals surface area contributed by atoms with Gasteiger partial charge >= 0.3 is 11.9 Å². The van der Waals surface area contributed by atoms with E-state index in [1.807, 2.05) is 29.1 Å². The first-order valence-corrected chi connectivity index (χ1v) is 18.3. The van der Waals surface area contributed by atoms with Crippen LogP contribution in [-0.4, -0.2) is 65.2 Å². The fourth-order valence-electron chi connectivity index (χ4n) is 8.06. The second-order valence-electron chi connectivity index (χ2n) is 15.3. The molecule has 1 atom stereocenters. The lowest BCUT2D eigenvalue weighted by molar-refractivity contribution is -0.141. The van der Waals surface area contributed by atoms with Crippen LogP contribution in [0, 0.1) is 5.92 Å². The van der Waals surface area contributed by atoms with E-state index in [0.29, 0.717) is 34.4 Å². The molecule has 2 aromatic carbocycles. The Morgan fingerprint density at radius 2 is 1.76 bits per heavy atom. The minimum absolute atomic E-state index is 0.127. The Balaban J connectivity index is 1.02. The van der Waals surface area contributed by atoms with Crippen molar-refractivity contribution >= 4 is 45.3 Å². The summed E-state index contributed by atoms with van der Waals surface area (Å²) in [5.41, 5.74) is 0.349. The maximum Gasteiger partial charge on any atom is 0.433 e. The van der Waals surface area contributed by atoms with Crippen molar-refractivity contribution in [2.45, 2.75) is 82.8 Å². The first-order chi connectivity index (χ1) is 26.0. The molecule has 55 heavy (non-hydrogen) atoms. The van der Waals surface area contributed by atoms with Crippen molar-refractivity contribution in [3.8, 4) is 0 Å². The number of fused-ring (bicyclic) bond motifs is 2. The number of nitrogens with one attached hydrogen (secondary N) is 2. The number of carbonyl (C=O) groups is 3. The average molecular weight is 761 g/mol. The molecule has 0 radical (unpaired) electrons. The molecule has 3 aromatic heterocycles. The first-order valence-electron chi connectivity index (χ1n) is 18.3. The topological polar surface area (TPSA) is 156 Å². The molecule has 2 aliphatic rings. The highest BCUT2D eigenvalue weighted by atomic mass is 19.4. The van der Waals surface area contributed by atoms with Crippen LogP contribution in [0.15, 0.2) is 59.5 Å². The Morgan fingerprint density at radius 1 is 1.04 bits per heavy atom. The number of carbonyl (C=O) groups excluding carboxylic acids is 3. The lowest BCUT2D eigenvalue weighted by Gasteiger charge is -2.31. The van der Waals surface area contributed by atoms with Crippen LogP contribution in [0.25, 0.3) is 21.9 Å². The number of amides is 3. The summed E-state index contributed by atoms with van der Waals surface area (Å²) in [7, 11) is 3.76. The molecule has 5 aromatic rings. The number of benzene rings is 2. The van der Waals surface area contributed by atoms with E-state index in [9.17, 15) is 37.5 Å². The Kier molecular flexibility index (Phi) is 9.92. The van der Waals surface area contributed by atoms with Crippen molar-refractivity contribution in [2.24, 2.45) is 13.0 Å². The lowest BCUT2D eigenvalue weighted by atomic mass is 9.85. The van der Waals surface area contributed by atoms with Crippen LogP contribution >= 0.6 is 0 Å². The monoisotopic (exact) mass is 760 g/mol. The standard InChI is InChI=1S/C39H43F3N8O5/c1-38(2,55)26-18-28-24(17-29(26)44-35(52)27-8-6-10-32(43-27)39(40,41)42)21-49(46-28)25-13-11-22(12-14-25)19-47(3)20-23-7-5-9-30-34(23)48(4)37(54)50(30)31-15-16-33(51)45-36(31)53/h5-10,17-18,21-22,25,31,55H,11-16,19-20H2,1-4H3,(H,44,52)(H,45,51,53)/t22-,25-,31?. The Bertz CT molecular complexity index is 2360. The van der Waals surface area contributed by atoms with Gasteiger partial charge in [0.1, 0.15) is 17.4 Å². The zero-order chi connectivity index (χ0) is 39.4. The molecular formula is C39H43F3N8O5. The highest BCUT2D eigenvalue weighted by Crippen LogP contribution is 2.37. The molecule has 13 nitrogen and oxygen atoms in total. The van der Waals surface area contributed by atoms with Crippen LogP contribution in [0.1, 0.15) is 91.8 Å². The van der Waals surface area contributed by atoms with Crippen molar-refractivity contribution < 1.29 is 32.7 Å². The van der Waals surface area contributed by atoms with E-state index in [0.717, 1.165) is 55.4 Å². The highest BCUT2D eigenvalue weighted by molar-refractivity contribution is 6.04. The number of aryl methyl sites for hydroxylation is 1. The van der Waals surface area contributed by atoms with E-state index in [-0.39, 0.29) is 36.2 Å². The molecule has 16 heteroatoms. The summed E-state index contributed by atoms with van der Waals surface area (Å²) in [5.74, 6) is -1.20. The van der Waals surface area contributed by atoms with E-state index < -0.39 is 41.0 Å². The van der Waals surface area contributed by atoms with Gasteiger partial charge in [-0.3, -0.25) is 33.5 Å². The number of anilines is 1. The summed E-state index contributed by atoms with van der Waals surface area (Å²) in [6.45, 7) is 4.55. The van der Waals surface area contributed by atoms with E-state index in [2.05, 4.69) is 27.6 Å². The summed E-state index contributed by atoms with van der Waals surface area (Å²) < 4.78 is 44.7. The van der Waals surface area contributed by atoms with Crippen LogP contribution < -0.4 is 16.3 Å².